The summed E-state index contributed by atoms with van der Waals surface area (Å²) in [6, 6.07) is 9.85. The average Bonchev–Trinajstić information content (AvgIpc) is 3.33. The van der Waals surface area contributed by atoms with Crippen molar-refractivity contribution >= 4 is 17.8 Å². The Balaban J connectivity index is 1.15. The molecule has 1 aromatic rings. The number of benzene rings is 1. The van der Waals surface area contributed by atoms with E-state index < -0.39 is 11.5 Å². The highest BCUT2D eigenvalue weighted by Crippen LogP contribution is 2.48. The molecule has 2 unspecified atom stereocenters. The number of rotatable bonds is 8. The van der Waals surface area contributed by atoms with Crippen LogP contribution in [0.15, 0.2) is 54.1 Å². The number of hydrogen-bond acceptors (Lipinski definition) is 4. The van der Waals surface area contributed by atoms with Crippen LogP contribution in [-0.4, -0.2) is 75.7 Å². The number of fused-ring (bicyclic) bond motifs is 2. The third-order valence-corrected chi connectivity index (χ3v) is 10.4. The first-order valence-corrected chi connectivity index (χ1v) is 15.6. The number of urea groups is 1. The Bertz CT molecular complexity index is 1240. The largest absolute Gasteiger partial charge is 0.349 e. The summed E-state index contributed by atoms with van der Waals surface area (Å²) in [7, 11) is 1.60. The van der Waals surface area contributed by atoms with Crippen LogP contribution in [-0.2, 0) is 16.1 Å². The number of hydrogen-bond donors (Lipinski definition) is 1. The predicted octanol–water partition coefficient (Wildman–Crippen LogP) is 5.42. The molecule has 226 valence electrons. The van der Waals surface area contributed by atoms with Gasteiger partial charge < -0.3 is 10.2 Å². The number of allylic oxidation sites excluding steroid dienone is 3. The standard InChI is InChI=1S/C33H42F2N4O3/c1-37-30(41)32(39(31(37)42)22-23-8-4-2-5-9-23)20-26-12-13-27(21-32)38(26)19-16-28(24-10-6-3-7-11-24)36-29(40)25-14-17-33(34,35)18-15-25/h2-6,8-10,25-28H,7,11-22H2,1H3,(H,36,40)/t26?,27?,28-,32?/m0/s1. The van der Waals surface area contributed by atoms with E-state index in [1.54, 1.807) is 7.05 Å². The van der Waals surface area contributed by atoms with Crippen LogP contribution in [0.5, 0.6) is 0 Å². The smallest absolute Gasteiger partial charge is 0.327 e. The van der Waals surface area contributed by atoms with E-state index in [1.165, 1.54) is 10.5 Å². The number of imide groups is 1. The van der Waals surface area contributed by atoms with E-state index in [-0.39, 0.29) is 67.6 Å². The first kappa shape index (κ1) is 29.0. The Kier molecular flexibility index (Phi) is 7.98. The summed E-state index contributed by atoms with van der Waals surface area (Å²) in [4.78, 5) is 45.8. The molecule has 4 amide bonds. The molecule has 6 rings (SSSR count). The van der Waals surface area contributed by atoms with Crippen LogP contribution in [0.3, 0.4) is 0 Å². The minimum absolute atomic E-state index is 0.0951. The molecular formula is C33H42F2N4O3. The second kappa shape index (κ2) is 11.5. The van der Waals surface area contributed by atoms with Crippen LogP contribution < -0.4 is 5.32 Å². The van der Waals surface area contributed by atoms with Gasteiger partial charge in [0.1, 0.15) is 5.54 Å². The molecule has 3 saturated heterocycles. The van der Waals surface area contributed by atoms with Gasteiger partial charge in [0.05, 0.1) is 6.04 Å². The van der Waals surface area contributed by atoms with Crippen LogP contribution in [0.1, 0.15) is 76.2 Å². The van der Waals surface area contributed by atoms with E-state index >= 15 is 0 Å². The highest BCUT2D eigenvalue weighted by Gasteiger charge is 2.61. The first-order chi connectivity index (χ1) is 20.2. The van der Waals surface area contributed by atoms with E-state index in [9.17, 15) is 23.2 Å². The van der Waals surface area contributed by atoms with Crippen molar-refractivity contribution in [3.05, 3.63) is 59.7 Å². The molecule has 7 nitrogen and oxygen atoms in total. The Hall–Kier alpha value is -3.07. The van der Waals surface area contributed by atoms with Crippen molar-refractivity contribution in [2.24, 2.45) is 5.92 Å². The molecule has 2 aliphatic carbocycles. The lowest BCUT2D eigenvalue weighted by Crippen LogP contribution is -2.60. The second-order valence-corrected chi connectivity index (χ2v) is 13.0. The SMILES string of the molecule is CN1C(=O)N(Cc2ccccc2)C2(CC3CCC(C2)N3CC[C@H](NC(=O)C2CCC(F)(F)CC2)C2=CC=CCC2)C1=O. The maximum absolute atomic E-state index is 13.7. The van der Waals surface area contributed by atoms with Crippen molar-refractivity contribution in [2.45, 2.75) is 107 Å². The molecule has 1 aromatic carbocycles. The van der Waals surface area contributed by atoms with Gasteiger partial charge in [-0.15, -0.1) is 0 Å². The number of halogens is 2. The molecular weight excluding hydrogens is 538 g/mol. The van der Waals surface area contributed by atoms with Crippen molar-refractivity contribution in [3.8, 4) is 0 Å². The fourth-order valence-electron chi connectivity index (χ4n) is 8.07. The third kappa shape index (κ3) is 5.52. The highest BCUT2D eigenvalue weighted by molar-refractivity contribution is 6.07. The van der Waals surface area contributed by atoms with Gasteiger partial charge in [0.25, 0.3) is 5.91 Å². The number of likely N-dealkylation sites (N-methyl/N-ethyl adjacent to an activating group) is 1. The summed E-state index contributed by atoms with van der Waals surface area (Å²) < 4.78 is 27.4. The zero-order chi connectivity index (χ0) is 29.5. The molecule has 1 spiro atoms. The summed E-state index contributed by atoms with van der Waals surface area (Å²) in [5.41, 5.74) is 1.37. The number of carbonyl (C=O) groups excluding carboxylic acids is 3. The Morgan fingerprint density at radius 3 is 2.38 bits per heavy atom. The van der Waals surface area contributed by atoms with Gasteiger partial charge in [-0.3, -0.25) is 19.4 Å². The highest BCUT2D eigenvalue weighted by atomic mass is 19.3. The van der Waals surface area contributed by atoms with E-state index in [1.807, 2.05) is 41.3 Å². The zero-order valence-corrected chi connectivity index (χ0v) is 24.4. The van der Waals surface area contributed by atoms with Crippen LogP contribution in [0.4, 0.5) is 13.6 Å². The first-order valence-electron chi connectivity index (χ1n) is 15.6. The van der Waals surface area contributed by atoms with Gasteiger partial charge in [-0.25, -0.2) is 13.6 Å². The number of carbonyl (C=O) groups is 3. The van der Waals surface area contributed by atoms with Crippen LogP contribution in [0, 0.1) is 5.92 Å². The predicted molar refractivity (Wildman–Crippen MR) is 156 cm³/mol. The van der Waals surface area contributed by atoms with E-state index in [0.29, 0.717) is 19.4 Å². The van der Waals surface area contributed by atoms with Crippen molar-refractivity contribution in [2.75, 3.05) is 13.6 Å². The van der Waals surface area contributed by atoms with Gasteiger partial charge >= 0.3 is 6.03 Å². The van der Waals surface area contributed by atoms with E-state index in [2.05, 4.69) is 22.4 Å². The number of alkyl halides is 2. The maximum Gasteiger partial charge on any atom is 0.327 e. The lowest BCUT2D eigenvalue weighted by molar-refractivity contribution is -0.137. The van der Waals surface area contributed by atoms with Gasteiger partial charge in [-0.1, -0.05) is 48.6 Å². The monoisotopic (exact) mass is 580 g/mol. The molecule has 3 atom stereocenters. The van der Waals surface area contributed by atoms with Crippen molar-refractivity contribution in [3.63, 3.8) is 0 Å². The molecule has 9 heteroatoms. The fraction of sp³-hybridized carbons (Fsp3) is 0.606. The topological polar surface area (TPSA) is 73.0 Å². The third-order valence-electron chi connectivity index (χ3n) is 10.4. The minimum atomic E-state index is -2.66. The molecule has 3 aliphatic heterocycles. The fourth-order valence-corrected chi connectivity index (χ4v) is 8.07. The molecule has 2 bridgehead atoms. The molecule has 0 radical (unpaired) electrons. The molecule has 5 aliphatic rings. The summed E-state index contributed by atoms with van der Waals surface area (Å²) in [6.07, 6.45) is 12.0. The summed E-state index contributed by atoms with van der Waals surface area (Å²) in [5, 5.41) is 3.25. The minimum Gasteiger partial charge on any atom is -0.349 e. The Labute approximate surface area is 247 Å². The number of nitrogens with one attached hydrogen (secondary N) is 1. The van der Waals surface area contributed by atoms with Crippen molar-refractivity contribution in [1.82, 2.24) is 20.0 Å². The van der Waals surface area contributed by atoms with Gasteiger partial charge in [0, 0.05) is 51.0 Å². The Morgan fingerprint density at radius 2 is 1.74 bits per heavy atom. The lowest BCUT2D eigenvalue weighted by atomic mass is 9.80. The quantitative estimate of drug-likeness (QED) is 0.417. The zero-order valence-electron chi connectivity index (χ0n) is 24.4. The Morgan fingerprint density at radius 1 is 1.05 bits per heavy atom. The summed E-state index contributed by atoms with van der Waals surface area (Å²) >= 11 is 0. The van der Waals surface area contributed by atoms with E-state index in [4.69, 9.17) is 0 Å². The molecule has 4 fully saturated rings. The van der Waals surface area contributed by atoms with Gasteiger partial charge in [0.15, 0.2) is 0 Å². The van der Waals surface area contributed by atoms with Crippen LogP contribution in [0.25, 0.3) is 0 Å². The summed E-state index contributed by atoms with van der Waals surface area (Å²) in [6.45, 7) is 1.19. The average molecular weight is 581 g/mol. The molecule has 1 saturated carbocycles. The molecule has 1 N–H and O–H groups in total. The molecule has 3 heterocycles. The maximum atomic E-state index is 13.7. The van der Waals surface area contributed by atoms with E-state index in [0.717, 1.165) is 44.2 Å². The number of nitrogens with zero attached hydrogens (tertiary/aromatic N) is 3. The van der Waals surface area contributed by atoms with Gasteiger partial charge in [-0.05, 0) is 68.9 Å². The van der Waals surface area contributed by atoms with Crippen LogP contribution >= 0.6 is 0 Å². The normalized spacial score (nSPS) is 30.2. The second-order valence-electron chi connectivity index (χ2n) is 13.0. The number of piperidine rings is 1. The van der Waals surface area contributed by atoms with Crippen LogP contribution in [0.2, 0.25) is 0 Å². The van der Waals surface area contributed by atoms with Gasteiger partial charge in [0.2, 0.25) is 11.8 Å². The summed E-state index contributed by atoms with van der Waals surface area (Å²) in [5.74, 6) is -3.23. The molecule has 0 aromatic heterocycles. The van der Waals surface area contributed by atoms with Crippen molar-refractivity contribution < 1.29 is 23.2 Å². The molecule has 42 heavy (non-hydrogen) atoms. The van der Waals surface area contributed by atoms with Gasteiger partial charge in [-0.2, -0.15) is 0 Å². The number of amides is 4. The van der Waals surface area contributed by atoms with Crippen molar-refractivity contribution in [1.29, 1.82) is 0 Å². The lowest BCUT2D eigenvalue weighted by Gasteiger charge is -2.47.